The van der Waals surface area contributed by atoms with Gasteiger partial charge in [0.1, 0.15) is 6.04 Å². The van der Waals surface area contributed by atoms with Crippen molar-refractivity contribution in [3.63, 3.8) is 0 Å². The van der Waals surface area contributed by atoms with Gasteiger partial charge < -0.3 is 15.0 Å². The molecule has 4 rings (SSSR count). The van der Waals surface area contributed by atoms with Gasteiger partial charge in [0.15, 0.2) is 5.82 Å². The first kappa shape index (κ1) is 19.7. The third-order valence-corrected chi connectivity index (χ3v) is 6.00. The Labute approximate surface area is 176 Å². The van der Waals surface area contributed by atoms with Gasteiger partial charge in [-0.25, -0.2) is 14.1 Å². The van der Waals surface area contributed by atoms with Gasteiger partial charge in [0.2, 0.25) is 4.96 Å². The topological polar surface area (TPSA) is 88.8 Å². The summed E-state index contributed by atoms with van der Waals surface area (Å²) < 4.78 is 6.80. The minimum absolute atomic E-state index is 0.281. The highest BCUT2D eigenvalue weighted by Crippen LogP contribution is 2.29. The molecular weight excluding hydrogens is 414 g/mol. The zero-order valence-corrected chi connectivity index (χ0v) is 17.6. The zero-order chi connectivity index (χ0) is 20.5. The SMILES string of the molecule is CCOC(=O)[C@@H](C)NC(=O)N1CCc2c(sc3nc(-c4ccc(Cl)cc4)nn23)C1. The van der Waals surface area contributed by atoms with E-state index < -0.39 is 12.0 Å². The summed E-state index contributed by atoms with van der Waals surface area (Å²) in [5.41, 5.74) is 1.98. The van der Waals surface area contributed by atoms with Crippen molar-refractivity contribution >= 4 is 39.9 Å². The number of urea groups is 1. The maximum absolute atomic E-state index is 12.5. The Hall–Kier alpha value is -2.65. The summed E-state index contributed by atoms with van der Waals surface area (Å²) in [6.45, 7) is 4.63. The first-order valence-corrected chi connectivity index (χ1v) is 10.5. The predicted octanol–water partition coefficient (Wildman–Crippen LogP) is 3.13. The van der Waals surface area contributed by atoms with E-state index in [4.69, 9.17) is 16.3 Å². The van der Waals surface area contributed by atoms with Gasteiger partial charge in [-0.1, -0.05) is 22.9 Å². The quantitative estimate of drug-likeness (QED) is 0.638. The van der Waals surface area contributed by atoms with E-state index in [0.717, 1.165) is 21.1 Å². The summed E-state index contributed by atoms with van der Waals surface area (Å²) in [5, 5.41) is 8.01. The number of esters is 1. The maximum Gasteiger partial charge on any atom is 0.328 e. The standard InChI is InChI=1S/C19H20ClN5O3S/c1-3-28-17(26)11(2)21-18(27)24-9-8-14-15(10-24)29-19-22-16(23-25(14)19)12-4-6-13(20)7-5-12/h4-7,11H,3,8-10H2,1-2H3,(H,21,27)/t11-/m1/s1. The summed E-state index contributed by atoms with van der Waals surface area (Å²) in [7, 11) is 0. The molecule has 0 fully saturated rings. The number of nitrogens with zero attached hydrogens (tertiary/aromatic N) is 4. The predicted molar refractivity (Wildman–Crippen MR) is 110 cm³/mol. The van der Waals surface area contributed by atoms with Crippen LogP contribution in [0.5, 0.6) is 0 Å². The van der Waals surface area contributed by atoms with Crippen LogP contribution >= 0.6 is 22.9 Å². The Morgan fingerprint density at radius 3 is 2.83 bits per heavy atom. The summed E-state index contributed by atoms with van der Waals surface area (Å²) in [5.74, 6) is 0.214. The lowest BCUT2D eigenvalue weighted by molar-refractivity contribution is -0.144. The number of aromatic nitrogens is 3. The van der Waals surface area contributed by atoms with E-state index in [1.165, 1.54) is 11.3 Å². The number of halogens is 1. The summed E-state index contributed by atoms with van der Waals surface area (Å²) in [4.78, 5) is 32.4. The van der Waals surface area contributed by atoms with E-state index in [0.29, 0.717) is 30.4 Å². The lowest BCUT2D eigenvalue weighted by Gasteiger charge is -2.27. The molecule has 0 radical (unpaired) electrons. The van der Waals surface area contributed by atoms with Gasteiger partial charge in [-0.05, 0) is 38.1 Å². The molecule has 0 aliphatic carbocycles. The number of amides is 2. The minimum Gasteiger partial charge on any atom is -0.464 e. The van der Waals surface area contributed by atoms with Crippen LogP contribution in [0.15, 0.2) is 24.3 Å². The average Bonchev–Trinajstić information content (AvgIpc) is 3.26. The fourth-order valence-electron chi connectivity index (χ4n) is 3.19. The number of thiazole rings is 1. The molecule has 1 atom stereocenters. The molecule has 10 heteroatoms. The van der Waals surface area contributed by atoms with Crippen molar-refractivity contribution in [2.24, 2.45) is 0 Å². The highest BCUT2D eigenvalue weighted by Gasteiger charge is 2.28. The molecule has 1 aromatic carbocycles. The molecule has 1 N–H and O–H groups in total. The van der Waals surface area contributed by atoms with Crippen molar-refractivity contribution in [3.05, 3.63) is 39.9 Å². The van der Waals surface area contributed by atoms with Crippen molar-refractivity contribution in [2.45, 2.75) is 32.9 Å². The molecule has 152 valence electrons. The molecule has 8 nitrogen and oxygen atoms in total. The fraction of sp³-hybridized carbons (Fsp3) is 0.368. The lowest BCUT2D eigenvalue weighted by atomic mass is 10.2. The van der Waals surface area contributed by atoms with Gasteiger partial charge in [0.25, 0.3) is 0 Å². The largest absolute Gasteiger partial charge is 0.464 e. The molecule has 0 spiro atoms. The third kappa shape index (κ3) is 3.92. The molecular formula is C19H20ClN5O3S. The van der Waals surface area contributed by atoms with Gasteiger partial charge in [-0.15, -0.1) is 5.10 Å². The van der Waals surface area contributed by atoms with Crippen LogP contribution in [0.25, 0.3) is 16.3 Å². The van der Waals surface area contributed by atoms with Crippen molar-refractivity contribution in [1.29, 1.82) is 0 Å². The van der Waals surface area contributed by atoms with Gasteiger partial charge >= 0.3 is 12.0 Å². The molecule has 2 aromatic heterocycles. The van der Waals surface area contributed by atoms with E-state index in [1.807, 2.05) is 28.8 Å². The fourth-order valence-corrected chi connectivity index (χ4v) is 4.43. The highest BCUT2D eigenvalue weighted by molar-refractivity contribution is 7.17. The Morgan fingerprint density at radius 2 is 2.10 bits per heavy atom. The zero-order valence-electron chi connectivity index (χ0n) is 16.0. The Kier molecular flexibility index (Phi) is 5.42. The molecule has 1 aliphatic rings. The number of hydrogen-bond donors (Lipinski definition) is 1. The lowest BCUT2D eigenvalue weighted by Crippen LogP contribution is -2.48. The highest BCUT2D eigenvalue weighted by atomic mass is 35.5. The number of carbonyl (C=O) groups is 2. The number of nitrogens with one attached hydrogen (secondary N) is 1. The maximum atomic E-state index is 12.5. The average molecular weight is 434 g/mol. The smallest absolute Gasteiger partial charge is 0.328 e. The first-order valence-electron chi connectivity index (χ1n) is 9.31. The van der Waals surface area contributed by atoms with Gasteiger partial charge in [0, 0.05) is 28.4 Å². The van der Waals surface area contributed by atoms with Crippen LogP contribution in [0.1, 0.15) is 24.4 Å². The Morgan fingerprint density at radius 1 is 1.34 bits per heavy atom. The number of ether oxygens (including phenoxy) is 1. The van der Waals surface area contributed by atoms with Crippen LogP contribution in [0.3, 0.4) is 0 Å². The van der Waals surface area contributed by atoms with Gasteiger partial charge in [0.05, 0.1) is 18.8 Å². The monoisotopic (exact) mass is 433 g/mol. The van der Waals surface area contributed by atoms with E-state index >= 15 is 0 Å². The Bertz CT molecular complexity index is 1060. The summed E-state index contributed by atoms with van der Waals surface area (Å²) in [6, 6.07) is 6.45. The number of rotatable bonds is 4. The van der Waals surface area contributed by atoms with Crippen molar-refractivity contribution in [2.75, 3.05) is 13.2 Å². The van der Waals surface area contributed by atoms with Crippen LogP contribution < -0.4 is 5.32 Å². The molecule has 0 unspecified atom stereocenters. The van der Waals surface area contributed by atoms with Crippen molar-refractivity contribution < 1.29 is 14.3 Å². The van der Waals surface area contributed by atoms with Crippen molar-refractivity contribution in [1.82, 2.24) is 24.8 Å². The van der Waals surface area contributed by atoms with Crippen LogP contribution in [0, 0.1) is 0 Å². The summed E-state index contributed by atoms with van der Waals surface area (Å²) in [6.07, 6.45) is 0.667. The molecule has 3 aromatic rings. The number of benzene rings is 1. The molecule has 0 saturated carbocycles. The number of carbonyl (C=O) groups excluding carboxylic acids is 2. The van der Waals surface area contributed by atoms with E-state index in [-0.39, 0.29) is 12.6 Å². The Balaban J connectivity index is 1.49. The van der Waals surface area contributed by atoms with Gasteiger partial charge in [-0.2, -0.15) is 4.98 Å². The second-order valence-corrected chi connectivity index (χ2v) is 8.20. The number of hydrogen-bond acceptors (Lipinski definition) is 6. The normalized spacial score (nSPS) is 14.5. The molecule has 0 saturated heterocycles. The second kappa shape index (κ2) is 8.00. The third-order valence-electron chi connectivity index (χ3n) is 4.69. The van der Waals surface area contributed by atoms with E-state index in [2.05, 4.69) is 15.4 Å². The molecule has 2 amide bonds. The first-order chi connectivity index (χ1) is 14.0. The molecule has 0 bridgehead atoms. The van der Waals surface area contributed by atoms with Crippen LogP contribution in [-0.4, -0.2) is 50.7 Å². The van der Waals surface area contributed by atoms with Crippen LogP contribution in [-0.2, 0) is 22.5 Å². The number of fused-ring (bicyclic) bond motifs is 3. The second-order valence-electron chi connectivity index (χ2n) is 6.70. The molecule has 3 heterocycles. The van der Waals surface area contributed by atoms with Gasteiger partial charge in [-0.3, -0.25) is 0 Å². The van der Waals surface area contributed by atoms with E-state index in [1.54, 1.807) is 18.7 Å². The van der Waals surface area contributed by atoms with Crippen molar-refractivity contribution in [3.8, 4) is 11.4 Å². The molecule has 29 heavy (non-hydrogen) atoms. The van der Waals surface area contributed by atoms with Crippen LogP contribution in [0.4, 0.5) is 4.79 Å². The van der Waals surface area contributed by atoms with Crippen LogP contribution in [0.2, 0.25) is 5.02 Å². The molecule has 1 aliphatic heterocycles. The summed E-state index contributed by atoms with van der Waals surface area (Å²) >= 11 is 7.47. The minimum atomic E-state index is -0.687. The van der Waals surface area contributed by atoms with E-state index in [9.17, 15) is 9.59 Å².